The molecule has 0 aromatic heterocycles. The van der Waals surface area contributed by atoms with Gasteiger partial charge in [0.15, 0.2) is 6.10 Å². The number of nitrogens with zero attached hydrogens (tertiary/aromatic N) is 1. The van der Waals surface area contributed by atoms with E-state index in [1.54, 1.807) is 17.0 Å². The van der Waals surface area contributed by atoms with Gasteiger partial charge in [0.1, 0.15) is 0 Å². The number of carboxylic acid groups (broad SMARTS) is 1. The van der Waals surface area contributed by atoms with Crippen LogP contribution < -0.4 is 0 Å². The van der Waals surface area contributed by atoms with Crippen LogP contribution >= 0.6 is 11.6 Å². The van der Waals surface area contributed by atoms with Crippen molar-refractivity contribution in [2.75, 3.05) is 32.9 Å². The third kappa shape index (κ3) is 3.27. The summed E-state index contributed by atoms with van der Waals surface area (Å²) in [5, 5.41) is 9.78. The Bertz CT molecular complexity index is 612. The maximum absolute atomic E-state index is 13.3. The van der Waals surface area contributed by atoms with Gasteiger partial charge in [0.25, 0.3) is 0 Å². The Morgan fingerprint density at radius 2 is 1.83 bits per heavy atom. The number of benzene rings is 1. The molecule has 2 aliphatic rings. The average molecular weight is 354 g/mol. The first-order valence-electron chi connectivity index (χ1n) is 8.00. The molecular formula is C17H20ClNO5. The number of hydrogen-bond acceptors (Lipinski definition) is 4. The van der Waals surface area contributed by atoms with E-state index in [1.807, 2.05) is 12.1 Å². The zero-order chi connectivity index (χ0) is 17.2. The average Bonchev–Trinajstić information content (AvgIpc) is 2.62. The molecular weight excluding hydrogens is 334 g/mol. The highest BCUT2D eigenvalue weighted by Gasteiger charge is 2.45. The van der Waals surface area contributed by atoms with E-state index in [-0.39, 0.29) is 19.1 Å². The van der Waals surface area contributed by atoms with Gasteiger partial charge in [0.2, 0.25) is 5.91 Å². The molecule has 1 amide bonds. The van der Waals surface area contributed by atoms with Gasteiger partial charge >= 0.3 is 5.97 Å². The summed E-state index contributed by atoms with van der Waals surface area (Å²) in [5.41, 5.74) is 0.210. The Kier molecular flexibility index (Phi) is 5.08. The zero-order valence-electron chi connectivity index (χ0n) is 13.2. The van der Waals surface area contributed by atoms with Gasteiger partial charge < -0.3 is 19.5 Å². The van der Waals surface area contributed by atoms with Crippen LogP contribution in [0.4, 0.5) is 0 Å². The molecule has 0 spiro atoms. The smallest absolute Gasteiger partial charge is 0.334 e. The van der Waals surface area contributed by atoms with Gasteiger partial charge in [-0.15, -0.1) is 0 Å². The fraction of sp³-hybridized carbons (Fsp3) is 0.529. The number of aliphatic carboxylic acids is 1. The molecule has 3 rings (SSSR count). The molecule has 0 saturated carbocycles. The summed E-state index contributed by atoms with van der Waals surface area (Å²) in [6.45, 7) is 1.71. The van der Waals surface area contributed by atoms with Crippen LogP contribution in [0.3, 0.4) is 0 Å². The topological polar surface area (TPSA) is 76.1 Å². The predicted molar refractivity (Wildman–Crippen MR) is 87.1 cm³/mol. The molecule has 1 N–H and O–H groups in total. The predicted octanol–water partition coefficient (Wildman–Crippen LogP) is 1.70. The summed E-state index contributed by atoms with van der Waals surface area (Å²) in [6.07, 6.45) is 0.176. The number of halogens is 1. The monoisotopic (exact) mass is 353 g/mol. The summed E-state index contributed by atoms with van der Waals surface area (Å²) in [6, 6.07) is 7.31. The van der Waals surface area contributed by atoms with Gasteiger partial charge in [-0.05, 0) is 30.5 Å². The Balaban J connectivity index is 1.89. The Morgan fingerprint density at radius 1 is 1.17 bits per heavy atom. The summed E-state index contributed by atoms with van der Waals surface area (Å²) in [7, 11) is 0. The van der Waals surface area contributed by atoms with Crippen LogP contribution in [0.15, 0.2) is 24.3 Å². The van der Waals surface area contributed by atoms with Gasteiger partial charge in [0, 0.05) is 24.8 Å². The van der Waals surface area contributed by atoms with Gasteiger partial charge in [0.05, 0.1) is 18.6 Å². The molecule has 0 unspecified atom stereocenters. The Morgan fingerprint density at radius 3 is 2.46 bits per heavy atom. The molecule has 0 bridgehead atoms. The van der Waals surface area contributed by atoms with Crippen molar-refractivity contribution in [3.05, 3.63) is 34.9 Å². The van der Waals surface area contributed by atoms with Crippen molar-refractivity contribution in [3.63, 3.8) is 0 Å². The third-order valence-corrected chi connectivity index (χ3v) is 5.03. The quantitative estimate of drug-likeness (QED) is 0.895. The number of ether oxygens (including phenoxy) is 2. The standard InChI is InChI=1S/C17H20ClNO5/c18-13-3-1-12(2-4-13)17(5-8-23-9-6-17)16(22)19-7-10-24-14(11-19)15(20)21/h1-4,14H,5-11H2,(H,20,21)/t14-/m0/s1. The molecule has 2 saturated heterocycles. The maximum Gasteiger partial charge on any atom is 0.334 e. The molecule has 2 heterocycles. The molecule has 130 valence electrons. The van der Waals surface area contributed by atoms with Gasteiger partial charge in [-0.1, -0.05) is 23.7 Å². The largest absolute Gasteiger partial charge is 0.479 e. The lowest BCUT2D eigenvalue weighted by molar-refractivity contribution is -0.162. The second-order valence-electron chi connectivity index (χ2n) is 6.15. The van der Waals surface area contributed by atoms with Crippen molar-refractivity contribution in [2.24, 2.45) is 0 Å². The van der Waals surface area contributed by atoms with Crippen LogP contribution in [-0.2, 0) is 24.5 Å². The van der Waals surface area contributed by atoms with Crippen LogP contribution in [0, 0.1) is 0 Å². The van der Waals surface area contributed by atoms with E-state index in [2.05, 4.69) is 0 Å². The maximum atomic E-state index is 13.3. The first-order valence-corrected chi connectivity index (χ1v) is 8.38. The number of carbonyl (C=O) groups is 2. The summed E-state index contributed by atoms with van der Waals surface area (Å²) < 4.78 is 10.7. The summed E-state index contributed by atoms with van der Waals surface area (Å²) in [5.74, 6) is -1.09. The zero-order valence-corrected chi connectivity index (χ0v) is 14.0. The van der Waals surface area contributed by atoms with Crippen molar-refractivity contribution in [2.45, 2.75) is 24.4 Å². The van der Waals surface area contributed by atoms with Crippen LogP contribution in [-0.4, -0.2) is 60.9 Å². The van der Waals surface area contributed by atoms with E-state index in [4.69, 9.17) is 26.2 Å². The lowest BCUT2D eigenvalue weighted by Gasteiger charge is -2.42. The van der Waals surface area contributed by atoms with Crippen molar-refractivity contribution in [3.8, 4) is 0 Å². The number of carbonyl (C=O) groups excluding carboxylic acids is 1. The third-order valence-electron chi connectivity index (χ3n) is 4.78. The fourth-order valence-corrected chi connectivity index (χ4v) is 3.53. The minimum atomic E-state index is -1.04. The van der Waals surface area contributed by atoms with Crippen molar-refractivity contribution in [1.82, 2.24) is 4.90 Å². The second-order valence-corrected chi connectivity index (χ2v) is 6.59. The summed E-state index contributed by atoms with van der Waals surface area (Å²) >= 11 is 5.98. The van der Waals surface area contributed by atoms with Crippen molar-refractivity contribution >= 4 is 23.5 Å². The molecule has 0 radical (unpaired) electrons. The van der Waals surface area contributed by atoms with Gasteiger partial charge in [-0.25, -0.2) is 4.79 Å². The van der Waals surface area contributed by atoms with Gasteiger partial charge in [-0.3, -0.25) is 4.79 Å². The molecule has 6 nitrogen and oxygen atoms in total. The first-order chi connectivity index (χ1) is 11.5. The SMILES string of the molecule is O=C(O)[C@@H]1CN(C(=O)C2(c3ccc(Cl)cc3)CCOCC2)CCO1. The fourth-order valence-electron chi connectivity index (χ4n) is 3.40. The van der Waals surface area contributed by atoms with Crippen LogP contribution in [0.5, 0.6) is 0 Å². The highest BCUT2D eigenvalue weighted by molar-refractivity contribution is 6.30. The molecule has 1 atom stereocenters. The van der Waals surface area contributed by atoms with E-state index < -0.39 is 17.5 Å². The lowest BCUT2D eigenvalue weighted by Crippen LogP contribution is -2.56. The Hall–Kier alpha value is -1.63. The minimum Gasteiger partial charge on any atom is -0.479 e. The second kappa shape index (κ2) is 7.09. The van der Waals surface area contributed by atoms with Crippen LogP contribution in [0.1, 0.15) is 18.4 Å². The van der Waals surface area contributed by atoms with E-state index in [0.717, 1.165) is 5.56 Å². The number of morpholine rings is 1. The summed E-state index contributed by atoms with van der Waals surface area (Å²) in [4.78, 5) is 26.1. The van der Waals surface area contributed by atoms with E-state index in [1.165, 1.54) is 0 Å². The number of hydrogen-bond donors (Lipinski definition) is 1. The molecule has 7 heteroatoms. The number of rotatable bonds is 3. The minimum absolute atomic E-state index is 0.0531. The molecule has 2 aliphatic heterocycles. The van der Waals surface area contributed by atoms with E-state index in [0.29, 0.717) is 37.6 Å². The highest BCUT2D eigenvalue weighted by Crippen LogP contribution is 2.37. The van der Waals surface area contributed by atoms with Crippen molar-refractivity contribution < 1.29 is 24.2 Å². The molecule has 1 aromatic rings. The number of carboxylic acids is 1. The van der Waals surface area contributed by atoms with Crippen molar-refractivity contribution in [1.29, 1.82) is 0 Å². The van der Waals surface area contributed by atoms with Crippen LogP contribution in [0.25, 0.3) is 0 Å². The highest BCUT2D eigenvalue weighted by atomic mass is 35.5. The molecule has 0 aliphatic carbocycles. The molecule has 2 fully saturated rings. The number of amides is 1. The lowest BCUT2D eigenvalue weighted by atomic mass is 9.73. The molecule has 1 aromatic carbocycles. The normalized spacial score (nSPS) is 23.7. The Labute approximate surface area is 145 Å². The van der Waals surface area contributed by atoms with Gasteiger partial charge in [-0.2, -0.15) is 0 Å². The first kappa shape index (κ1) is 17.2. The van der Waals surface area contributed by atoms with E-state index in [9.17, 15) is 9.59 Å². The van der Waals surface area contributed by atoms with E-state index >= 15 is 0 Å². The van der Waals surface area contributed by atoms with Crippen LogP contribution in [0.2, 0.25) is 5.02 Å². The molecule has 24 heavy (non-hydrogen) atoms.